The van der Waals surface area contributed by atoms with Gasteiger partial charge in [-0.25, -0.2) is 8.78 Å². The van der Waals surface area contributed by atoms with Gasteiger partial charge in [-0.3, -0.25) is 0 Å². The number of phenolic OH excluding ortho intramolecular Hbond substituents is 1. The van der Waals surface area contributed by atoms with E-state index in [0.29, 0.717) is 0 Å². The first kappa shape index (κ1) is 11.4. The van der Waals surface area contributed by atoms with Crippen LogP contribution in [0.15, 0.2) is 16.6 Å². The van der Waals surface area contributed by atoms with E-state index in [9.17, 15) is 8.78 Å². The van der Waals surface area contributed by atoms with Crippen molar-refractivity contribution in [2.45, 2.75) is 0 Å². The van der Waals surface area contributed by atoms with Crippen LogP contribution in [0, 0.1) is 11.6 Å². The molecule has 0 amide bonds. The second-order valence-electron chi connectivity index (χ2n) is 1.72. The first-order valence-electron chi connectivity index (χ1n) is 2.45. The first-order chi connectivity index (χ1) is 4.61. The van der Waals surface area contributed by atoms with Crippen LogP contribution in [0.4, 0.5) is 8.78 Å². The third-order valence-electron chi connectivity index (χ3n) is 0.982. The smallest absolute Gasteiger partial charge is 0.187 e. The molecule has 0 unspecified atom stereocenters. The topological polar surface area (TPSA) is 20.2 Å². The van der Waals surface area contributed by atoms with E-state index in [2.05, 4.69) is 15.9 Å². The van der Waals surface area contributed by atoms with Crippen molar-refractivity contribution < 1.29 is 13.9 Å². The van der Waals surface area contributed by atoms with Crippen molar-refractivity contribution in [1.82, 2.24) is 0 Å². The summed E-state index contributed by atoms with van der Waals surface area (Å²) in [5.41, 5.74) is 0. The standard InChI is InChI=1S/C6H3BrF2O.Na/c7-3-1-4(8)6(10)5(9)2-3;/h1-2,10H;. The molecule has 0 spiro atoms. The van der Waals surface area contributed by atoms with Crippen LogP contribution in [0.5, 0.6) is 5.75 Å². The minimum atomic E-state index is -0.966. The van der Waals surface area contributed by atoms with Crippen molar-refractivity contribution in [3.8, 4) is 5.75 Å². The molecule has 0 aromatic heterocycles. The Morgan fingerprint density at radius 1 is 1.18 bits per heavy atom. The van der Waals surface area contributed by atoms with Gasteiger partial charge in [-0.15, -0.1) is 0 Å². The summed E-state index contributed by atoms with van der Waals surface area (Å²) in [4.78, 5) is 0. The number of phenols is 1. The summed E-state index contributed by atoms with van der Waals surface area (Å²) < 4.78 is 24.9. The van der Waals surface area contributed by atoms with Crippen LogP contribution in [-0.2, 0) is 0 Å². The molecule has 1 rings (SSSR count). The van der Waals surface area contributed by atoms with Gasteiger partial charge in [0.1, 0.15) is 0 Å². The Bertz CT molecular complexity index is 244. The fourth-order valence-corrected chi connectivity index (χ4v) is 0.937. The summed E-state index contributed by atoms with van der Waals surface area (Å²) in [5, 5.41) is 8.56. The molecule has 1 aromatic carbocycles. The van der Waals surface area contributed by atoms with Crippen LogP contribution in [0.25, 0.3) is 0 Å². The van der Waals surface area contributed by atoms with Gasteiger partial charge >= 0.3 is 0 Å². The van der Waals surface area contributed by atoms with E-state index in [0.717, 1.165) is 12.1 Å². The van der Waals surface area contributed by atoms with Crippen molar-refractivity contribution in [3.05, 3.63) is 28.2 Å². The van der Waals surface area contributed by atoms with Crippen LogP contribution in [-0.4, -0.2) is 34.7 Å². The van der Waals surface area contributed by atoms with Crippen molar-refractivity contribution in [2.24, 2.45) is 0 Å². The zero-order valence-electron chi connectivity index (χ0n) is 5.74. The van der Waals surface area contributed by atoms with Gasteiger partial charge in [0, 0.05) is 34.0 Å². The third-order valence-corrected chi connectivity index (χ3v) is 1.44. The molecular weight excluding hydrogens is 229 g/mol. The second kappa shape index (κ2) is 4.40. The Morgan fingerprint density at radius 3 is 1.91 bits per heavy atom. The molecule has 0 saturated heterocycles. The van der Waals surface area contributed by atoms with Gasteiger partial charge in [-0.05, 0) is 12.1 Å². The van der Waals surface area contributed by atoms with Gasteiger partial charge in [0.15, 0.2) is 17.4 Å². The molecule has 1 aromatic rings. The van der Waals surface area contributed by atoms with Crippen LogP contribution >= 0.6 is 15.9 Å². The van der Waals surface area contributed by atoms with Crippen LogP contribution in [0.3, 0.4) is 0 Å². The molecule has 0 atom stereocenters. The molecule has 0 aliphatic carbocycles. The molecule has 0 aliphatic rings. The molecule has 0 saturated carbocycles. The molecule has 11 heavy (non-hydrogen) atoms. The van der Waals surface area contributed by atoms with Crippen LogP contribution < -0.4 is 0 Å². The summed E-state index contributed by atoms with van der Waals surface area (Å²) in [7, 11) is 0. The van der Waals surface area contributed by atoms with Gasteiger partial charge in [-0.2, -0.15) is 0 Å². The average molecular weight is 232 g/mol. The van der Waals surface area contributed by atoms with Crippen molar-refractivity contribution in [1.29, 1.82) is 0 Å². The summed E-state index contributed by atoms with van der Waals surface area (Å²) in [5.74, 6) is -2.87. The fourth-order valence-electron chi connectivity index (χ4n) is 0.535. The predicted octanol–water partition coefficient (Wildman–Crippen LogP) is 2.05. The average Bonchev–Trinajstić information content (AvgIpc) is 1.82. The number of rotatable bonds is 0. The van der Waals surface area contributed by atoms with E-state index >= 15 is 0 Å². The second-order valence-corrected chi connectivity index (χ2v) is 2.63. The summed E-state index contributed by atoms with van der Waals surface area (Å²) in [6, 6.07) is 1.97. The SMILES string of the molecule is Oc1c(F)cc(Br)cc1F.[Na]. The normalized spacial score (nSPS) is 9.00. The minimum absolute atomic E-state index is 0. The molecule has 0 fully saturated rings. The molecule has 0 heterocycles. The van der Waals surface area contributed by atoms with E-state index in [1.807, 2.05) is 0 Å². The first-order valence-corrected chi connectivity index (χ1v) is 3.24. The summed E-state index contributed by atoms with van der Waals surface area (Å²) in [6.45, 7) is 0. The maximum Gasteiger partial charge on any atom is 0.187 e. The zero-order chi connectivity index (χ0) is 7.72. The molecule has 1 radical (unpaired) electrons. The molecular formula is C6H3BrF2NaO. The molecule has 5 heteroatoms. The Morgan fingerprint density at radius 2 is 1.55 bits per heavy atom. The minimum Gasteiger partial charge on any atom is -0.503 e. The summed E-state index contributed by atoms with van der Waals surface area (Å²) >= 11 is 2.86. The molecule has 1 nitrogen and oxygen atoms in total. The van der Waals surface area contributed by atoms with E-state index < -0.39 is 17.4 Å². The maximum absolute atomic E-state index is 12.3. The van der Waals surface area contributed by atoms with Crippen molar-refractivity contribution in [3.63, 3.8) is 0 Å². The Labute approximate surface area is 92.8 Å². The molecule has 0 bridgehead atoms. The molecule has 0 aliphatic heterocycles. The Hall–Kier alpha value is 0.360. The molecule has 55 valence electrons. The third kappa shape index (κ3) is 2.71. The van der Waals surface area contributed by atoms with Crippen molar-refractivity contribution >= 4 is 45.5 Å². The van der Waals surface area contributed by atoms with Gasteiger partial charge in [0.2, 0.25) is 0 Å². The van der Waals surface area contributed by atoms with E-state index in [1.165, 1.54) is 0 Å². The quantitative estimate of drug-likeness (QED) is 0.678. The van der Waals surface area contributed by atoms with E-state index in [1.54, 1.807) is 0 Å². The monoisotopic (exact) mass is 231 g/mol. The maximum atomic E-state index is 12.3. The van der Waals surface area contributed by atoms with Crippen molar-refractivity contribution in [2.75, 3.05) is 0 Å². The Balaban J connectivity index is 0.000001000. The van der Waals surface area contributed by atoms with E-state index in [4.69, 9.17) is 5.11 Å². The van der Waals surface area contributed by atoms with Gasteiger partial charge in [0.25, 0.3) is 0 Å². The number of halogens is 3. The number of hydrogen-bond donors (Lipinski definition) is 1. The zero-order valence-corrected chi connectivity index (χ0v) is 9.32. The van der Waals surface area contributed by atoms with E-state index in [-0.39, 0.29) is 34.0 Å². The van der Waals surface area contributed by atoms with Gasteiger partial charge < -0.3 is 5.11 Å². The number of hydrogen-bond acceptors (Lipinski definition) is 1. The number of benzene rings is 1. The van der Waals surface area contributed by atoms with Gasteiger partial charge in [-0.1, -0.05) is 15.9 Å². The largest absolute Gasteiger partial charge is 0.503 e. The Kier molecular flexibility index (Phi) is 4.55. The fraction of sp³-hybridized carbons (Fsp3) is 0. The van der Waals surface area contributed by atoms with Crippen LogP contribution in [0.1, 0.15) is 0 Å². The number of aromatic hydroxyl groups is 1. The van der Waals surface area contributed by atoms with Gasteiger partial charge in [0.05, 0.1) is 0 Å². The summed E-state index contributed by atoms with van der Waals surface area (Å²) in [6.07, 6.45) is 0. The van der Waals surface area contributed by atoms with Crippen LogP contribution in [0.2, 0.25) is 0 Å². The predicted molar refractivity (Wildman–Crippen MR) is 41.5 cm³/mol. The molecule has 1 N–H and O–H groups in total.